The first-order valence-electron chi connectivity index (χ1n) is 9.28. The fourth-order valence-corrected chi connectivity index (χ4v) is 5.46. The van der Waals surface area contributed by atoms with E-state index < -0.39 is 27.4 Å². The van der Waals surface area contributed by atoms with E-state index in [4.69, 9.17) is 22.4 Å². The van der Waals surface area contributed by atoms with E-state index in [1.54, 1.807) is 0 Å². The summed E-state index contributed by atoms with van der Waals surface area (Å²) in [4.78, 5) is 13.3. The second kappa shape index (κ2) is 9.66. The Morgan fingerprint density at radius 3 is 2.26 bits per heavy atom. The summed E-state index contributed by atoms with van der Waals surface area (Å²) in [5, 5.41) is 2.50. The molecule has 0 saturated carbocycles. The lowest BCUT2D eigenvalue weighted by Gasteiger charge is -2.20. The van der Waals surface area contributed by atoms with Gasteiger partial charge in [0.05, 0.1) is 10.9 Å². The monoisotopic (exact) mass is 480 g/mol. The molecule has 0 aliphatic carbocycles. The van der Waals surface area contributed by atoms with Crippen LogP contribution in [0.1, 0.15) is 33.6 Å². The topological polar surface area (TPSA) is 92.7 Å². The lowest BCUT2D eigenvalue weighted by Crippen LogP contribution is -2.30. The summed E-state index contributed by atoms with van der Waals surface area (Å²) < 4.78 is 69.9. The molecule has 1 aliphatic rings. The van der Waals surface area contributed by atoms with Crippen LogP contribution in [0, 0.1) is 0 Å². The van der Waals surface area contributed by atoms with Crippen molar-refractivity contribution in [2.24, 2.45) is 0 Å². The maximum atomic E-state index is 12.0. The van der Waals surface area contributed by atoms with Crippen molar-refractivity contribution >= 4 is 37.9 Å². The molecular formula is C20H23F3O6S2. The Balaban J connectivity index is 0.000000366. The number of alkyl halides is 3. The second-order valence-electron chi connectivity index (χ2n) is 7.66. The molecule has 0 bridgehead atoms. The Kier molecular flexibility index (Phi) is 7.88. The minimum Gasteiger partial charge on any atom is -0.741 e. The summed E-state index contributed by atoms with van der Waals surface area (Å²) in [5.41, 5.74) is -6.24. The highest BCUT2D eigenvalue weighted by molar-refractivity contribution is 7.97. The van der Waals surface area contributed by atoms with Gasteiger partial charge in [-0.3, -0.25) is 0 Å². The van der Waals surface area contributed by atoms with Crippen LogP contribution in [0.5, 0.6) is 0 Å². The summed E-state index contributed by atoms with van der Waals surface area (Å²) in [6.07, 6.45) is 1.44. The van der Waals surface area contributed by atoms with Gasteiger partial charge in [-0.1, -0.05) is 30.3 Å². The third-order valence-corrected chi connectivity index (χ3v) is 7.24. The van der Waals surface area contributed by atoms with Crippen molar-refractivity contribution in [3.63, 3.8) is 0 Å². The zero-order valence-corrected chi connectivity index (χ0v) is 18.8. The number of carbonyl (C=O) groups is 1. The maximum Gasteiger partial charge on any atom is 0.512 e. The minimum atomic E-state index is -6.09. The molecule has 172 valence electrons. The molecule has 11 heteroatoms. The van der Waals surface area contributed by atoms with Gasteiger partial charge in [-0.2, -0.15) is 13.2 Å². The van der Waals surface area contributed by atoms with E-state index >= 15 is 0 Å². The second-order valence-corrected chi connectivity index (χ2v) is 11.3. The van der Waals surface area contributed by atoms with Crippen molar-refractivity contribution in [1.82, 2.24) is 0 Å². The third kappa shape index (κ3) is 7.29. The quantitative estimate of drug-likeness (QED) is 0.262. The highest BCUT2D eigenvalue weighted by Gasteiger charge is 2.43. The van der Waals surface area contributed by atoms with Gasteiger partial charge < -0.3 is 14.0 Å². The molecule has 2 unspecified atom stereocenters. The highest BCUT2D eigenvalue weighted by atomic mass is 32.2. The number of rotatable bonds is 2. The smallest absolute Gasteiger partial charge is 0.512 e. The van der Waals surface area contributed by atoms with Gasteiger partial charge in [0.1, 0.15) is 11.4 Å². The van der Waals surface area contributed by atoms with Crippen LogP contribution in [0.4, 0.5) is 18.0 Å². The molecule has 6 nitrogen and oxygen atoms in total. The van der Waals surface area contributed by atoms with E-state index in [2.05, 4.69) is 42.5 Å². The number of carbonyl (C=O) groups excluding carboxylic acids is 1. The largest absolute Gasteiger partial charge is 0.741 e. The third-order valence-electron chi connectivity index (χ3n) is 4.05. The van der Waals surface area contributed by atoms with Crippen LogP contribution >= 0.6 is 0 Å². The van der Waals surface area contributed by atoms with E-state index in [9.17, 15) is 18.0 Å². The van der Waals surface area contributed by atoms with Crippen LogP contribution in [0.25, 0.3) is 10.8 Å². The average molecular weight is 481 g/mol. The van der Waals surface area contributed by atoms with Crippen molar-refractivity contribution in [2.45, 2.75) is 55.1 Å². The van der Waals surface area contributed by atoms with Crippen molar-refractivity contribution < 1.29 is 40.4 Å². The molecule has 1 fully saturated rings. The molecule has 1 saturated heterocycles. The van der Waals surface area contributed by atoms with Crippen LogP contribution in [-0.4, -0.2) is 41.4 Å². The molecule has 0 N–H and O–H groups in total. The molecule has 0 aromatic heterocycles. The van der Waals surface area contributed by atoms with Crippen molar-refractivity contribution in [2.75, 3.05) is 5.75 Å². The number of hydrogen-bond acceptors (Lipinski definition) is 6. The Labute approximate surface area is 181 Å². The van der Waals surface area contributed by atoms with Gasteiger partial charge in [-0.25, -0.2) is 13.2 Å². The zero-order valence-electron chi connectivity index (χ0n) is 17.1. The van der Waals surface area contributed by atoms with Crippen molar-refractivity contribution in [3.8, 4) is 0 Å². The fourth-order valence-electron chi connectivity index (χ4n) is 2.85. The summed E-state index contributed by atoms with van der Waals surface area (Å²) in [7, 11) is -6.17. The predicted octanol–water partition coefficient (Wildman–Crippen LogP) is 4.94. The maximum absolute atomic E-state index is 12.0. The van der Waals surface area contributed by atoms with Gasteiger partial charge in [0, 0.05) is 18.2 Å². The van der Waals surface area contributed by atoms with Gasteiger partial charge in [0.25, 0.3) is 5.44 Å². The minimum absolute atomic E-state index is 0.0735. The van der Waals surface area contributed by atoms with E-state index in [-0.39, 0.29) is 16.3 Å². The van der Waals surface area contributed by atoms with Crippen LogP contribution in [0.15, 0.2) is 47.4 Å². The SMILES string of the molecule is CC(C)(C)OC(=O)OC1CCC[S+]1c1cccc2ccccc12.O=S(=O)([O-])C(F)(F)F. The first-order chi connectivity index (χ1) is 14.2. The van der Waals surface area contributed by atoms with Crippen LogP contribution in [0.2, 0.25) is 0 Å². The number of benzene rings is 2. The number of hydrogen-bond donors (Lipinski definition) is 0. The highest BCUT2D eigenvalue weighted by Crippen LogP contribution is 2.35. The Morgan fingerprint density at radius 2 is 1.68 bits per heavy atom. The molecule has 2 aromatic carbocycles. The standard InChI is InChI=1S/C19H23O3S.CHF3O3S/c1-19(2,3)22-18(20)21-17-12-7-13-23(17)16-11-6-9-14-8-4-5-10-15(14)16;2-1(3,4)8(5,6)7/h4-6,8-11,17H,7,12-13H2,1-3H3;(H,5,6,7)/q+1;/p-1. The van der Waals surface area contributed by atoms with Crippen LogP contribution in [0.3, 0.4) is 0 Å². The molecule has 31 heavy (non-hydrogen) atoms. The van der Waals surface area contributed by atoms with Gasteiger partial charge >= 0.3 is 11.7 Å². The van der Waals surface area contributed by atoms with E-state index in [1.165, 1.54) is 15.7 Å². The molecule has 1 heterocycles. The Bertz CT molecular complexity index is 1010. The van der Waals surface area contributed by atoms with E-state index in [1.807, 2.05) is 20.8 Å². The average Bonchev–Trinajstić information content (AvgIpc) is 3.06. The fraction of sp³-hybridized carbons (Fsp3) is 0.450. The molecule has 0 amide bonds. The van der Waals surface area contributed by atoms with Crippen molar-refractivity contribution in [3.05, 3.63) is 42.5 Å². The Morgan fingerprint density at radius 1 is 1.10 bits per heavy atom. The number of halogens is 3. The summed E-state index contributed by atoms with van der Waals surface area (Å²) in [6.45, 7) is 5.56. The Hall–Kier alpha value is -1.98. The first-order valence-corrected chi connectivity index (χ1v) is 12.1. The molecule has 3 rings (SSSR count). The van der Waals surface area contributed by atoms with Crippen molar-refractivity contribution in [1.29, 1.82) is 0 Å². The molecule has 0 spiro atoms. The molecule has 0 radical (unpaired) electrons. The van der Waals surface area contributed by atoms with Gasteiger partial charge in [-0.15, -0.1) is 0 Å². The summed E-state index contributed by atoms with van der Waals surface area (Å²) in [5.74, 6) is 1.07. The van der Waals surface area contributed by atoms with Gasteiger partial charge in [0.15, 0.2) is 15.0 Å². The zero-order chi connectivity index (χ0) is 23.4. The van der Waals surface area contributed by atoms with Crippen LogP contribution < -0.4 is 0 Å². The lowest BCUT2D eigenvalue weighted by molar-refractivity contribution is -0.0518. The van der Waals surface area contributed by atoms with E-state index in [0.717, 1.165) is 18.6 Å². The molecule has 2 atom stereocenters. The summed E-state index contributed by atoms with van der Waals surface area (Å²) in [6, 6.07) is 14.8. The van der Waals surface area contributed by atoms with Gasteiger partial charge in [-0.05, 0) is 38.3 Å². The lowest BCUT2D eigenvalue weighted by atomic mass is 10.1. The summed E-state index contributed by atoms with van der Waals surface area (Å²) >= 11 is 0. The number of fused-ring (bicyclic) bond motifs is 1. The van der Waals surface area contributed by atoms with Crippen LogP contribution in [-0.2, 0) is 30.5 Å². The van der Waals surface area contributed by atoms with E-state index in [0.29, 0.717) is 0 Å². The molecule has 2 aromatic rings. The predicted molar refractivity (Wildman–Crippen MR) is 111 cm³/mol. The number of ether oxygens (including phenoxy) is 2. The molecular weight excluding hydrogens is 457 g/mol. The first kappa shape index (κ1) is 25.3. The van der Waals surface area contributed by atoms with Gasteiger partial charge in [0.2, 0.25) is 0 Å². The normalized spacial score (nSPS) is 19.5. The molecule has 1 aliphatic heterocycles.